The largest absolute Gasteiger partial charge is 0.416 e. The maximum absolute atomic E-state index is 13.4. The van der Waals surface area contributed by atoms with Gasteiger partial charge in [0.05, 0.1) is 12.6 Å². The molecule has 0 saturated heterocycles. The van der Waals surface area contributed by atoms with Gasteiger partial charge in [0.25, 0.3) is 5.91 Å². The van der Waals surface area contributed by atoms with Crippen molar-refractivity contribution < 1.29 is 42.3 Å². The number of aliphatic hydroxyl groups excluding tert-OH is 1. The number of halogens is 3. The fraction of sp³-hybridized carbons (Fsp3) is 0.324. The maximum atomic E-state index is 13.4. The van der Waals surface area contributed by atoms with Gasteiger partial charge in [-0.1, -0.05) is 72.8 Å². The van der Waals surface area contributed by atoms with E-state index in [-0.39, 0.29) is 6.42 Å². The third kappa shape index (κ3) is 11.2. The number of carbonyl (C=O) groups excluding carboxylic acids is 5. The highest BCUT2D eigenvalue weighted by Crippen LogP contribution is 2.25. The van der Waals surface area contributed by atoms with E-state index in [0.717, 1.165) is 11.1 Å². The molecule has 0 aromatic heterocycles. The van der Waals surface area contributed by atoms with Gasteiger partial charge < -0.3 is 32.1 Å². The van der Waals surface area contributed by atoms with Gasteiger partial charge in [-0.3, -0.25) is 24.0 Å². The van der Waals surface area contributed by atoms with Crippen LogP contribution in [-0.4, -0.2) is 71.1 Å². The average Bonchev–Trinajstić information content (AvgIpc) is 3.05. The molecule has 256 valence electrons. The number of benzene rings is 3. The number of hydrogen-bond acceptors (Lipinski definition) is 6. The smallest absolute Gasteiger partial charge is 0.382 e. The van der Waals surface area contributed by atoms with Crippen molar-refractivity contribution in [1.29, 1.82) is 0 Å². The SMILES string of the molecule is CC(C)(NC(=O)[C@H](Cc1ccccc1)NC(=O)CNC(=O)c1ccc(-c2ccccc2)cc1)C(=O)NC(CCC(N)=O)C(O)C(F)(F)F. The molecule has 2 unspecified atom stereocenters. The zero-order chi connectivity index (χ0) is 35.5. The molecular weight excluding hydrogens is 631 g/mol. The number of nitrogens with two attached hydrogens (primary N) is 1. The second-order valence-electron chi connectivity index (χ2n) is 11.6. The normalized spacial score (nSPS) is 13.4. The van der Waals surface area contributed by atoms with E-state index in [1.165, 1.54) is 13.8 Å². The summed E-state index contributed by atoms with van der Waals surface area (Å²) in [7, 11) is 0. The van der Waals surface area contributed by atoms with Crippen molar-refractivity contribution in [2.75, 3.05) is 6.54 Å². The molecule has 5 amide bonds. The summed E-state index contributed by atoms with van der Waals surface area (Å²) >= 11 is 0. The summed E-state index contributed by atoms with van der Waals surface area (Å²) in [6.07, 6.45) is -9.31. The fourth-order valence-electron chi connectivity index (χ4n) is 4.65. The van der Waals surface area contributed by atoms with Gasteiger partial charge in [-0.2, -0.15) is 13.2 Å². The van der Waals surface area contributed by atoms with E-state index in [0.29, 0.717) is 11.1 Å². The van der Waals surface area contributed by atoms with E-state index in [1.807, 2.05) is 35.6 Å². The van der Waals surface area contributed by atoms with Crippen molar-refractivity contribution >= 4 is 29.5 Å². The summed E-state index contributed by atoms with van der Waals surface area (Å²) in [4.78, 5) is 63.3. The van der Waals surface area contributed by atoms with Crippen molar-refractivity contribution in [3.63, 3.8) is 0 Å². The van der Waals surface area contributed by atoms with E-state index in [9.17, 15) is 42.3 Å². The number of rotatable bonds is 15. The average molecular weight is 670 g/mol. The summed E-state index contributed by atoms with van der Waals surface area (Å²) < 4.78 is 39.8. The highest BCUT2D eigenvalue weighted by molar-refractivity contribution is 5.98. The Bertz CT molecular complexity index is 1570. The lowest BCUT2D eigenvalue weighted by Gasteiger charge is -2.32. The lowest BCUT2D eigenvalue weighted by molar-refractivity contribution is -0.213. The quantitative estimate of drug-likeness (QED) is 0.145. The molecule has 11 nitrogen and oxygen atoms in total. The molecule has 14 heteroatoms. The standard InChI is InChI=1S/C34H38F3N5O6/c1-33(2,32(48)41-25(17-18-27(38)43)29(45)34(35,36)37)42-31(47)26(19-21-9-5-3-6-10-21)40-28(44)20-39-30(46)24-15-13-23(14-16-24)22-11-7-4-8-12-22/h3-16,25-26,29,45H,17-20H2,1-2H3,(H2,38,43)(H,39,46)(H,40,44)(H,41,48)(H,42,47)/t25?,26-,29?/m0/s1. The van der Waals surface area contributed by atoms with E-state index >= 15 is 0 Å². The van der Waals surface area contributed by atoms with Gasteiger partial charge in [0, 0.05) is 18.4 Å². The van der Waals surface area contributed by atoms with Crippen LogP contribution in [0.3, 0.4) is 0 Å². The summed E-state index contributed by atoms with van der Waals surface area (Å²) in [6, 6.07) is 21.7. The molecule has 7 N–H and O–H groups in total. The van der Waals surface area contributed by atoms with Crippen LogP contribution < -0.4 is 27.0 Å². The third-order valence-electron chi connectivity index (χ3n) is 7.34. The number of nitrogens with one attached hydrogen (secondary N) is 4. The molecule has 0 radical (unpaired) electrons. The molecule has 0 aliphatic heterocycles. The molecule has 0 spiro atoms. The van der Waals surface area contributed by atoms with Crippen LogP contribution in [0.2, 0.25) is 0 Å². The third-order valence-corrected chi connectivity index (χ3v) is 7.34. The van der Waals surface area contributed by atoms with E-state index in [1.54, 1.807) is 54.6 Å². The summed E-state index contributed by atoms with van der Waals surface area (Å²) in [5.74, 6) is -4.13. The van der Waals surface area contributed by atoms with Crippen LogP contribution in [0.1, 0.15) is 42.6 Å². The number of aliphatic hydroxyl groups is 1. The second kappa shape index (κ2) is 16.5. The van der Waals surface area contributed by atoms with Crippen LogP contribution in [0.5, 0.6) is 0 Å². The van der Waals surface area contributed by atoms with Crippen LogP contribution >= 0.6 is 0 Å². The Morgan fingerprint density at radius 3 is 1.94 bits per heavy atom. The maximum Gasteiger partial charge on any atom is 0.416 e. The minimum absolute atomic E-state index is 0.0287. The summed E-state index contributed by atoms with van der Waals surface area (Å²) in [5, 5.41) is 19.3. The van der Waals surface area contributed by atoms with Crippen LogP contribution in [0.25, 0.3) is 11.1 Å². The Kier molecular flexibility index (Phi) is 12.8. The molecule has 0 heterocycles. The summed E-state index contributed by atoms with van der Waals surface area (Å²) in [5.41, 5.74) is 6.00. The zero-order valence-corrected chi connectivity index (χ0v) is 26.3. The first-order valence-corrected chi connectivity index (χ1v) is 15.0. The first kappa shape index (κ1) is 37.2. The zero-order valence-electron chi connectivity index (χ0n) is 26.3. The van der Waals surface area contributed by atoms with Gasteiger partial charge in [-0.15, -0.1) is 0 Å². The molecule has 3 aromatic rings. The van der Waals surface area contributed by atoms with Crippen LogP contribution in [0, 0.1) is 0 Å². The molecular formula is C34H38F3N5O6. The van der Waals surface area contributed by atoms with Gasteiger partial charge in [0.2, 0.25) is 23.6 Å². The highest BCUT2D eigenvalue weighted by atomic mass is 19.4. The Morgan fingerprint density at radius 2 is 1.38 bits per heavy atom. The molecule has 3 atom stereocenters. The number of carbonyl (C=O) groups is 5. The van der Waals surface area contributed by atoms with Gasteiger partial charge in [0.1, 0.15) is 11.6 Å². The van der Waals surface area contributed by atoms with Crippen molar-refractivity contribution in [3.05, 3.63) is 96.1 Å². The Labute approximate surface area is 275 Å². The van der Waals surface area contributed by atoms with Crippen LogP contribution in [0.15, 0.2) is 84.9 Å². The molecule has 0 fully saturated rings. The number of amides is 5. The first-order valence-electron chi connectivity index (χ1n) is 15.0. The van der Waals surface area contributed by atoms with Gasteiger partial charge >= 0.3 is 6.18 Å². The number of hydrogen-bond donors (Lipinski definition) is 6. The number of primary amides is 1. The molecule has 0 aliphatic rings. The number of alkyl halides is 3. The molecule has 3 aromatic carbocycles. The predicted octanol–water partition coefficient (Wildman–Crippen LogP) is 2.38. The Hall–Kier alpha value is -5.24. The van der Waals surface area contributed by atoms with Crippen molar-refractivity contribution in [3.8, 4) is 11.1 Å². The van der Waals surface area contributed by atoms with Gasteiger partial charge in [-0.25, -0.2) is 0 Å². The molecule has 0 aliphatic carbocycles. The predicted molar refractivity (Wildman–Crippen MR) is 171 cm³/mol. The Balaban J connectivity index is 1.67. The lowest BCUT2D eigenvalue weighted by atomic mass is 9.98. The van der Waals surface area contributed by atoms with E-state index < -0.39 is 78.8 Å². The second-order valence-corrected chi connectivity index (χ2v) is 11.6. The van der Waals surface area contributed by atoms with Crippen molar-refractivity contribution in [2.45, 2.75) is 63.0 Å². The van der Waals surface area contributed by atoms with Crippen molar-refractivity contribution in [2.24, 2.45) is 5.73 Å². The molecule has 0 bridgehead atoms. The molecule has 48 heavy (non-hydrogen) atoms. The van der Waals surface area contributed by atoms with E-state index in [2.05, 4.69) is 16.0 Å². The van der Waals surface area contributed by atoms with Gasteiger partial charge in [0.15, 0.2) is 6.10 Å². The van der Waals surface area contributed by atoms with Crippen LogP contribution in [0.4, 0.5) is 13.2 Å². The van der Waals surface area contributed by atoms with E-state index in [4.69, 9.17) is 5.73 Å². The molecule has 3 rings (SSSR count). The Morgan fingerprint density at radius 1 is 0.812 bits per heavy atom. The lowest BCUT2D eigenvalue weighted by Crippen LogP contribution is -2.62. The van der Waals surface area contributed by atoms with Crippen LogP contribution in [-0.2, 0) is 25.6 Å². The van der Waals surface area contributed by atoms with Gasteiger partial charge in [-0.05, 0) is 49.1 Å². The minimum Gasteiger partial charge on any atom is -0.382 e. The highest BCUT2D eigenvalue weighted by Gasteiger charge is 2.45. The molecule has 0 saturated carbocycles. The first-order chi connectivity index (χ1) is 22.6. The van der Waals surface area contributed by atoms with Crippen molar-refractivity contribution in [1.82, 2.24) is 21.3 Å². The fourth-order valence-corrected chi connectivity index (χ4v) is 4.65. The summed E-state index contributed by atoms with van der Waals surface area (Å²) in [6.45, 7) is 1.95. The monoisotopic (exact) mass is 669 g/mol. The topological polar surface area (TPSA) is 180 Å². The minimum atomic E-state index is -5.12.